The summed E-state index contributed by atoms with van der Waals surface area (Å²) in [5.41, 5.74) is 7.70. The number of aryl methyl sites for hydroxylation is 1. The molecule has 10 nitrogen and oxygen atoms in total. The Morgan fingerprint density at radius 3 is 2.57 bits per heavy atom. The van der Waals surface area contributed by atoms with Crippen LogP contribution < -0.4 is 11.0 Å². The van der Waals surface area contributed by atoms with Crippen molar-refractivity contribution in [2.75, 3.05) is 6.61 Å². The van der Waals surface area contributed by atoms with Gasteiger partial charge in [0.1, 0.15) is 6.33 Å². The van der Waals surface area contributed by atoms with Crippen LogP contribution in [0.5, 0.6) is 0 Å². The number of carbonyl (C=O) groups excluding carboxylic acids is 1. The van der Waals surface area contributed by atoms with Gasteiger partial charge in [-0.1, -0.05) is 55.8 Å². The van der Waals surface area contributed by atoms with Gasteiger partial charge in [-0.05, 0) is 55.9 Å². The fraction of sp³-hybridized carbons (Fsp3) is 0.406. The number of hydrazone groups is 1. The molecule has 1 amide bonds. The number of fused-ring (bicyclic) bond motifs is 1. The Kier molecular flexibility index (Phi) is 7.51. The number of hydrogen-bond acceptors (Lipinski definition) is 7. The van der Waals surface area contributed by atoms with Crippen molar-refractivity contribution in [3.8, 4) is 11.1 Å². The molecule has 0 bridgehead atoms. The lowest BCUT2D eigenvalue weighted by Gasteiger charge is -2.37. The maximum atomic E-state index is 14.2. The molecule has 10 heteroatoms. The van der Waals surface area contributed by atoms with E-state index in [9.17, 15) is 14.7 Å². The largest absolute Gasteiger partial charge is 0.388 e. The van der Waals surface area contributed by atoms with Gasteiger partial charge in [-0.3, -0.25) is 14.2 Å². The molecule has 1 fully saturated rings. The highest BCUT2D eigenvalue weighted by Gasteiger charge is 2.35. The Bertz CT molecular complexity index is 1710. The number of aromatic nitrogens is 4. The number of benzene rings is 2. The van der Waals surface area contributed by atoms with Crippen molar-refractivity contribution in [1.82, 2.24) is 24.6 Å². The lowest BCUT2D eigenvalue weighted by Crippen LogP contribution is -2.42. The summed E-state index contributed by atoms with van der Waals surface area (Å²) in [6.45, 7) is 5.77. The number of amides is 1. The first-order valence-corrected chi connectivity index (χ1v) is 14.6. The summed E-state index contributed by atoms with van der Waals surface area (Å²) in [5, 5.41) is 18.9. The molecule has 2 aromatic heterocycles. The van der Waals surface area contributed by atoms with Gasteiger partial charge in [-0.25, -0.2) is 9.94 Å². The SMILES string of the molecule is CCCc1c(Cc2ccc(-c3ccccc3)c(C3=NNC(=O)C3)c2)c(=O)n(C2CC(OCC(C)(C)O)C2)c2ncnn12. The quantitative estimate of drug-likeness (QED) is 0.300. The van der Waals surface area contributed by atoms with Gasteiger partial charge in [-0.2, -0.15) is 15.2 Å². The van der Waals surface area contributed by atoms with E-state index in [1.807, 2.05) is 47.0 Å². The maximum Gasteiger partial charge on any atom is 0.259 e. The molecule has 4 aromatic rings. The van der Waals surface area contributed by atoms with Gasteiger partial charge in [0.25, 0.3) is 5.56 Å². The molecule has 0 saturated heterocycles. The number of hydrogen-bond donors (Lipinski definition) is 2. The van der Waals surface area contributed by atoms with Gasteiger partial charge in [0.2, 0.25) is 11.7 Å². The van der Waals surface area contributed by atoms with E-state index < -0.39 is 5.60 Å². The zero-order chi connectivity index (χ0) is 29.4. The molecule has 0 atom stereocenters. The van der Waals surface area contributed by atoms with Crippen LogP contribution in [0.1, 0.15) is 74.9 Å². The molecule has 1 saturated carbocycles. The van der Waals surface area contributed by atoms with Gasteiger partial charge < -0.3 is 9.84 Å². The predicted molar refractivity (Wildman–Crippen MR) is 160 cm³/mol. The standard InChI is InChI=1S/C32H36N6O4/c1-4-8-28-26(30(40)37(31-33-19-34-38(28)31)22-15-23(16-22)42-18-32(2,3)41)14-20-11-12-24(21-9-6-5-7-10-21)25(13-20)27-17-29(39)36-35-27/h5-7,9-13,19,22-23,41H,4,8,14-18H2,1-3H3,(H,36,39). The second-order valence-corrected chi connectivity index (χ2v) is 11.9. The van der Waals surface area contributed by atoms with Crippen molar-refractivity contribution in [3.63, 3.8) is 0 Å². The molecule has 2 N–H and O–H groups in total. The van der Waals surface area contributed by atoms with Crippen LogP contribution in [0.4, 0.5) is 0 Å². The lowest BCUT2D eigenvalue weighted by atomic mass is 9.88. The molecular weight excluding hydrogens is 532 g/mol. The first-order valence-electron chi connectivity index (χ1n) is 14.6. The Morgan fingerprint density at radius 1 is 1.10 bits per heavy atom. The van der Waals surface area contributed by atoms with Crippen molar-refractivity contribution in [2.45, 2.75) is 77.0 Å². The maximum absolute atomic E-state index is 14.2. The zero-order valence-corrected chi connectivity index (χ0v) is 24.2. The molecular formula is C32H36N6O4. The Labute approximate surface area is 244 Å². The summed E-state index contributed by atoms with van der Waals surface area (Å²) in [6.07, 6.45) is 4.98. The van der Waals surface area contributed by atoms with Gasteiger partial charge in [0, 0.05) is 23.6 Å². The molecule has 0 spiro atoms. The van der Waals surface area contributed by atoms with E-state index in [0.717, 1.165) is 34.4 Å². The third-order valence-electron chi connectivity index (χ3n) is 7.92. The van der Waals surface area contributed by atoms with Crippen LogP contribution in [0.3, 0.4) is 0 Å². The Balaban J connectivity index is 1.39. The Hall–Kier alpha value is -4.15. The van der Waals surface area contributed by atoms with E-state index in [-0.39, 0.29) is 36.6 Å². The third-order valence-corrected chi connectivity index (χ3v) is 7.92. The average molecular weight is 569 g/mol. The second kappa shape index (κ2) is 11.3. The zero-order valence-electron chi connectivity index (χ0n) is 24.2. The smallest absolute Gasteiger partial charge is 0.259 e. The highest BCUT2D eigenvalue weighted by atomic mass is 16.5. The third kappa shape index (κ3) is 5.52. The molecule has 3 heterocycles. The summed E-state index contributed by atoms with van der Waals surface area (Å²) in [7, 11) is 0. The van der Waals surface area contributed by atoms with Crippen LogP contribution >= 0.6 is 0 Å². The van der Waals surface area contributed by atoms with Crippen LogP contribution in [0, 0.1) is 0 Å². The number of aliphatic hydroxyl groups is 1. The molecule has 218 valence electrons. The van der Waals surface area contributed by atoms with Crippen molar-refractivity contribution in [3.05, 3.63) is 87.6 Å². The summed E-state index contributed by atoms with van der Waals surface area (Å²) in [5.74, 6) is 0.410. The van der Waals surface area contributed by atoms with E-state index >= 15 is 0 Å². The molecule has 0 radical (unpaired) electrons. The fourth-order valence-electron chi connectivity index (χ4n) is 5.81. The predicted octanol–water partition coefficient (Wildman–Crippen LogP) is 3.82. The minimum Gasteiger partial charge on any atom is -0.388 e. The second-order valence-electron chi connectivity index (χ2n) is 11.9. The molecule has 2 aliphatic rings. The summed E-state index contributed by atoms with van der Waals surface area (Å²) in [6, 6.07) is 16.1. The average Bonchev–Trinajstić information content (AvgIpc) is 3.60. The molecule has 1 aliphatic carbocycles. The minimum atomic E-state index is -0.903. The van der Waals surface area contributed by atoms with E-state index in [1.54, 1.807) is 18.4 Å². The first kappa shape index (κ1) is 28.0. The van der Waals surface area contributed by atoms with Crippen LogP contribution in [-0.4, -0.2) is 54.2 Å². The van der Waals surface area contributed by atoms with Crippen LogP contribution in [0.25, 0.3) is 16.9 Å². The van der Waals surface area contributed by atoms with E-state index in [1.165, 1.54) is 6.33 Å². The molecule has 1 aliphatic heterocycles. The number of carbonyl (C=O) groups is 1. The topological polar surface area (TPSA) is 123 Å². The molecule has 6 rings (SSSR count). The highest BCUT2D eigenvalue weighted by molar-refractivity contribution is 6.16. The van der Waals surface area contributed by atoms with Crippen LogP contribution in [-0.2, 0) is 22.4 Å². The van der Waals surface area contributed by atoms with E-state index in [0.29, 0.717) is 42.7 Å². The van der Waals surface area contributed by atoms with E-state index in [2.05, 4.69) is 33.6 Å². The number of ether oxygens (including phenoxy) is 1. The van der Waals surface area contributed by atoms with Crippen LogP contribution in [0.2, 0.25) is 0 Å². The molecule has 2 aromatic carbocycles. The van der Waals surface area contributed by atoms with Crippen molar-refractivity contribution < 1.29 is 14.6 Å². The number of nitrogens with one attached hydrogen (secondary N) is 1. The van der Waals surface area contributed by atoms with Crippen molar-refractivity contribution >= 4 is 17.4 Å². The molecule has 0 unspecified atom stereocenters. The monoisotopic (exact) mass is 568 g/mol. The van der Waals surface area contributed by atoms with Gasteiger partial charge in [0.05, 0.1) is 36.1 Å². The van der Waals surface area contributed by atoms with Gasteiger partial charge in [0.15, 0.2) is 0 Å². The fourth-order valence-corrected chi connectivity index (χ4v) is 5.81. The normalized spacial score (nSPS) is 18.7. The van der Waals surface area contributed by atoms with Crippen molar-refractivity contribution in [2.24, 2.45) is 5.10 Å². The van der Waals surface area contributed by atoms with E-state index in [4.69, 9.17) is 4.74 Å². The first-order chi connectivity index (χ1) is 20.2. The van der Waals surface area contributed by atoms with Gasteiger partial charge in [-0.15, -0.1) is 0 Å². The van der Waals surface area contributed by atoms with Crippen LogP contribution in [0.15, 0.2) is 64.8 Å². The number of rotatable bonds is 10. The number of nitrogens with zero attached hydrogens (tertiary/aromatic N) is 5. The van der Waals surface area contributed by atoms with Gasteiger partial charge >= 0.3 is 0 Å². The Morgan fingerprint density at radius 2 is 1.88 bits per heavy atom. The highest BCUT2D eigenvalue weighted by Crippen LogP contribution is 2.35. The molecule has 42 heavy (non-hydrogen) atoms. The summed E-state index contributed by atoms with van der Waals surface area (Å²) in [4.78, 5) is 30.8. The summed E-state index contributed by atoms with van der Waals surface area (Å²) >= 11 is 0. The summed E-state index contributed by atoms with van der Waals surface area (Å²) < 4.78 is 9.47. The lowest BCUT2D eigenvalue weighted by molar-refractivity contribution is -0.119. The minimum absolute atomic E-state index is 0.0216. The van der Waals surface area contributed by atoms with Crippen molar-refractivity contribution in [1.29, 1.82) is 0 Å².